The first-order valence-electron chi connectivity index (χ1n) is 12.6. The summed E-state index contributed by atoms with van der Waals surface area (Å²) in [5.74, 6) is 0.772. The summed E-state index contributed by atoms with van der Waals surface area (Å²) in [5, 5.41) is 12.0. The Labute approximate surface area is 223 Å². The van der Waals surface area contributed by atoms with E-state index >= 15 is 0 Å². The number of aliphatic imine (C=N–C) groups is 1. The van der Waals surface area contributed by atoms with E-state index in [1.54, 1.807) is 0 Å². The summed E-state index contributed by atoms with van der Waals surface area (Å²) in [7, 11) is 3.05. The summed E-state index contributed by atoms with van der Waals surface area (Å²) in [4.78, 5) is 19.0. The highest BCUT2D eigenvalue weighted by Crippen LogP contribution is 2.42. The Morgan fingerprint density at radius 1 is 1.00 bits per heavy atom. The van der Waals surface area contributed by atoms with E-state index in [0.29, 0.717) is 31.1 Å². The van der Waals surface area contributed by atoms with Crippen molar-refractivity contribution in [1.29, 1.82) is 0 Å². The Morgan fingerprint density at radius 2 is 1.66 bits per heavy atom. The standard InChI is InChI=1S/C30H34N2O6/c1-35-26(36-2)21-31-29(34)30(20-22-10-5-3-6-11-22)27(23-12-7-4-8-13-23)38-28(32-30)24-14-16-25(17-15-24)37-19-9-18-33/h3-8,10-17,26-27,33H,9,18-21H2,1-2H3,(H,31,34)/t27-,30-/m1/s1. The van der Waals surface area contributed by atoms with E-state index in [2.05, 4.69) is 5.32 Å². The normalized spacial score (nSPS) is 18.6. The van der Waals surface area contributed by atoms with Crippen LogP contribution in [0.25, 0.3) is 0 Å². The molecule has 0 saturated heterocycles. The highest BCUT2D eigenvalue weighted by atomic mass is 16.7. The van der Waals surface area contributed by atoms with Gasteiger partial charge in [0.05, 0.1) is 13.2 Å². The van der Waals surface area contributed by atoms with E-state index in [-0.39, 0.29) is 19.1 Å². The molecule has 0 radical (unpaired) electrons. The minimum absolute atomic E-state index is 0.0741. The minimum Gasteiger partial charge on any atom is -0.494 e. The van der Waals surface area contributed by atoms with Crippen LogP contribution >= 0.6 is 0 Å². The number of nitrogens with zero attached hydrogens (tertiary/aromatic N) is 1. The molecule has 0 unspecified atom stereocenters. The maximum Gasteiger partial charge on any atom is 0.252 e. The van der Waals surface area contributed by atoms with E-state index in [0.717, 1.165) is 16.7 Å². The van der Waals surface area contributed by atoms with Gasteiger partial charge in [-0.15, -0.1) is 0 Å². The quantitative estimate of drug-likeness (QED) is 0.265. The van der Waals surface area contributed by atoms with Crippen molar-refractivity contribution in [2.45, 2.75) is 30.8 Å². The lowest BCUT2D eigenvalue weighted by atomic mass is 9.82. The molecule has 0 saturated carbocycles. The third-order valence-corrected chi connectivity index (χ3v) is 6.40. The summed E-state index contributed by atoms with van der Waals surface area (Å²) in [6.45, 7) is 0.660. The summed E-state index contributed by atoms with van der Waals surface area (Å²) in [6.07, 6.45) is -0.370. The van der Waals surface area contributed by atoms with Crippen molar-refractivity contribution in [3.8, 4) is 5.75 Å². The molecule has 3 aromatic rings. The number of nitrogens with one attached hydrogen (secondary N) is 1. The second-order valence-electron chi connectivity index (χ2n) is 8.97. The Hall–Kier alpha value is -3.72. The molecular formula is C30H34N2O6. The van der Waals surface area contributed by atoms with Crippen molar-refractivity contribution < 1.29 is 28.8 Å². The average Bonchev–Trinajstić information content (AvgIpc) is 3.35. The predicted molar refractivity (Wildman–Crippen MR) is 144 cm³/mol. The molecule has 0 spiro atoms. The largest absolute Gasteiger partial charge is 0.494 e. The van der Waals surface area contributed by atoms with Crippen LogP contribution < -0.4 is 10.1 Å². The molecule has 0 bridgehead atoms. The number of hydrogen-bond acceptors (Lipinski definition) is 7. The third kappa shape index (κ3) is 6.39. The molecule has 1 aliphatic rings. The van der Waals surface area contributed by atoms with Crippen LogP contribution in [-0.2, 0) is 25.4 Å². The molecule has 0 aromatic heterocycles. The number of aliphatic hydroxyl groups is 1. The fourth-order valence-electron chi connectivity index (χ4n) is 4.41. The summed E-state index contributed by atoms with van der Waals surface area (Å²) in [5.41, 5.74) is 1.26. The Morgan fingerprint density at radius 3 is 2.29 bits per heavy atom. The highest BCUT2D eigenvalue weighted by Gasteiger charge is 2.53. The van der Waals surface area contributed by atoms with Crippen molar-refractivity contribution in [3.05, 3.63) is 102 Å². The third-order valence-electron chi connectivity index (χ3n) is 6.40. The van der Waals surface area contributed by atoms with Crippen LogP contribution in [0.4, 0.5) is 0 Å². The molecular weight excluding hydrogens is 484 g/mol. The van der Waals surface area contributed by atoms with Gasteiger partial charge in [-0.05, 0) is 35.4 Å². The fourth-order valence-corrected chi connectivity index (χ4v) is 4.41. The van der Waals surface area contributed by atoms with Gasteiger partial charge in [0, 0.05) is 39.2 Å². The summed E-state index contributed by atoms with van der Waals surface area (Å²) >= 11 is 0. The Kier molecular flexibility index (Phi) is 9.48. The Balaban J connectivity index is 1.73. The molecule has 1 amide bonds. The summed E-state index contributed by atoms with van der Waals surface area (Å²) in [6, 6.07) is 26.8. The van der Waals surface area contributed by atoms with Crippen molar-refractivity contribution in [1.82, 2.24) is 5.32 Å². The smallest absolute Gasteiger partial charge is 0.252 e. The number of rotatable bonds is 13. The molecule has 1 heterocycles. The topological polar surface area (TPSA) is 98.6 Å². The molecule has 1 aliphatic heterocycles. The van der Waals surface area contributed by atoms with Gasteiger partial charge in [-0.1, -0.05) is 60.7 Å². The van der Waals surface area contributed by atoms with Crippen LogP contribution in [0.2, 0.25) is 0 Å². The second-order valence-corrected chi connectivity index (χ2v) is 8.97. The van der Waals surface area contributed by atoms with Crippen molar-refractivity contribution in [2.24, 2.45) is 4.99 Å². The lowest BCUT2D eigenvalue weighted by Gasteiger charge is -2.31. The number of carbonyl (C=O) groups excluding carboxylic acids is 1. The fraction of sp³-hybridized carbons (Fsp3) is 0.333. The van der Waals surface area contributed by atoms with Gasteiger partial charge in [0.2, 0.25) is 5.90 Å². The van der Waals surface area contributed by atoms with Gasteiger partial charge in [-0.2, -0.15) is 0 Å². The number of ether oxygens (including phenoxy) is 4. The molecule has 4 rings (SSSR count). The van der Waals surface area contributed by atoms with Crippen LogP contribution in [0.5, 0.6) is 5.75 Å². The molecule has 8 heteroatoms. The molecule has 2 N–H and O–H groups in total. The van der Waals surface area contributed by atoms with Crippen LogP contribution in [0.1, 0.15) is 29.2 Å². The van der Waals surface area contributed by atoms with Gasteiger partial charge in [0.1, 0.15) is 5.75 Å². The Bertz CT molecular complexity index is 1180. The molecule has 0 fully saturated rings. The first-order chi connectivity index (χ1) is 18.6. The van der Waals surface area contributed by atoms with Crippen molar-refractivity contribution >= 4 is 11.8 Å². The lowest BCUT2D eigenvalue weighted by molar-refractivity contribution is -0.134. The zero-order valence-electron chi connectivity index (χ0n) is 21.7. The van der Waals surface area contributed by atoms with Gasteiger partial charge in [0.15, 0.2) is 17.9 Å². The van der Waals surface area contributed by atoms with E-state index in [4.69, 9.17) is 29.0 Å². The number of carbonyl (C=O) groups is 1. The first kappa shape index (κ1) is 27.3. The van der Waals surface area contributed by atoms with E-state index in [1.807, 2.05) is 84.9 Å². The molecule has 2 atom stereocenters. The highest BCUT2D eigenvalue weighted by molar-refractivity contribution is 6.01. The van der Waals surface area contributed by atoms with Crippen molar-refractivity contribution in [2.75, 3.05) is 34.0 Å². The number of aliphatic hydroxyl groups excluding tert-OH is 1. The minimum atomic E-state index is -1.28. The molecule has 0 aliphatic carbocycles. The molecule has 200 valence electrons. The number of benzene rings is 3. The van der Waals surface area contributed by atoms with Crippen LogP contribution in [0, 0.1) is 0 Å². The predicted octanol–water partition coefficient (Wildman–Crippen LogP) is 3.68. The maximum absolute atomic E-state index is 14.0. The van der Waals surface area contributed by atoms with Gasteiger partial charge < -0.3 is 29.4 Å². The monoisotopic (exact) mass is 518 g/mol. The first-order valence-corrected chi connectivity index (χ1v) is 12.6. The summed E-state index contributed by atoms with van der Waals surface area (Å²) < 4.78 is 22.7. The average molecular weight is 519 g/mol. The lowest BCUT2D eigenvalue weighted by Crippen LogP contribution is -2.51. The van der Waals surface area contributed by atoms with Gasteiger partial charge >= 0.3 is 0 Å². The van der Waals surface area contributed by atoms with Crippen LogP contribution in [0.3, 0.4) is 0 Å². The van der Waals surface area contributed by atoms with Gasteiger partial charge in [0.25, 0.3) is 5.91 Å². The number of hydrogen-bond donors (Lipinski definition) is 2. The zero-order chi connectivity index (χ0) is 26.8. The van der Waals surface area contributed by atoms with Gasteiger partial charge in [-0.25, -0.2) is 4.99 Å². The molecule has 38 heavy (non-hydrogen) atoms. The second kappa shape index (κ2) is 13.2. The molecule has 3 aromatic carbocycles. The maximum atomic E-state index is 14.0. The van der Waals surface area contributed by atoms with Crippen LogP contribution in [-0.4, -0.2) is 62.7 Å². The van der Waals surface area contributed by atoms with E-state index in [9.17, 15) is 4.79 Å². The number of methoxy groups -OCH3 is 2. The number of amides is 1. The van der Waals surface area contributed by atoms with Gasteiger partial charge in [-0.3, -0.25) is 4.79 Å². The van der Waals surface area contributed by atoms with E-state index < -0.39 is 17.9 Å². The van der Waals surface area contributed by atoms with Crippen LogP contribution in [0.15, 0.2) is 89.9 Å². The van der Waals surface area contributed by atoms with Crippen molar-refractivity contribution in [3.63, 3.8) is 0 Å². The SMILES string of the molecule is COC(CNC(=O)[C@]1(Cc2ccccc2)N=C(c2ccc(OCCCO)cc2)O[C@@H]1c1ccccc1)OC. The van der Waals surface area contributed by atoms with E-state index in [1.165, 1.54) is 14.2 Å². The zero-order valence-corrected chi connectivity index (χ0v) is 21.7. The molecule has 8 nitrogen and oxygen atoms in total.